The topological polar surface area (TPSA) is 47.0 Å². The van der Waals surface area contributed by atoms with Crippen LogP contribution in [0.4, 0.5) is 0 Å². The molecule has 1 aromatic carbocycles. The summed E-state index contributed by atoms with van der Waals surface area (Å²) in [6.45, 7) is 2.85. The number of hydrogen-bond donors (Lipinski definition) is 1. The third-order valence-electron chi connectivity index (χ3n) is 2.59. The van der Waals surface area contributed by atoms with Crippen LogP contribution in [0, 0.1) is 0 Å². The Kier molecular flexibility index (Phi) is 4.06. The summed E-state index contributed by atoms with van der Waals surface area (Å²) in [5.74, 6) is 0.881. The number of hydrogen-bond acceptors (Lipinski definition) is 5. The first-order chi connectivity index (χ1) is 8.29. The maximum Gasteiger partial charge on any atom is 0.119 e. The van der Waals surface area contributed by atoms with Crippen molar-refractivity contribution >= 4 is 11.5 Å². The minimum absolute atomic E-state index is 0.256. The maximum absolute atomic E-state index is 5.21. The van der Waals surface area contributed by atoms with E-state index >= 15 is 0 Å². The van der Waals surface area contributed by atoms with Crippen LogP contribution in [0.15, 0.2) is 29.6 Å². The van der Waals surface area contributed by atoms with Crippen LogP contribution >= 0.6 is 11.5 Å². The molecule has 17 heavy (non-hydrogen) atoms. The summed E-state index contributed by atoms with van der Waals surface area (Å²) in [7, 11) is 1.68. The first kappa shape index (κ1) is 12.0. The van der Waals surface area contributed by atoms with E-state index in [0.29, 0.717) is 0 Å². The van der Waals surface area contributed by atoms with E-state index in [0.717, 1.165) is 18.0 Å². The molecule has 1 unspecified atom stereocenters. The molecule has 1 aromatic heterocycles. The van der Waals surface area contributed by atoms with Crippen molar-refractivity contribution in [2.45, 2.75) is 19.5 Å². The van der Waals surface area contributed by atoms with E-state index < -0.39 is 0 Å². The van der Waals surface area contributed by atoms with Crippen molar-refractivity contribution in [3.63, 3.8) is 0 Å². The lowest BCUT2D eigenvalue weighted by Gasteiger charge is -2.14. The van der Waals surface area contributed by atoms with Crippen LogP contribution in [0.2, 0.25) is 0 Å². The summed E-state index contributed by atoms with van der Waals surface area (Å²) in [5.41, 5.74) is 2.18. The summed E-state index contributed by atoms with van der Waals surface area (Å²) < 4.78 is 9.04. The Morgan fingerprint density at radius 1 is 1.47 bits per heavy atom. The Labute approximate surface area is 105 Å². The van der Waals surface area contributed by atoms with Crippen molar-refractivity contribution in [1.82, 2.24) is 14.9 Å². The van der Waals surface area contributed by atoms with E-state index in [2.05, 4.69) is 27.9 Å². The van der Waals surface area contributed by atoms with Gasteiger partial charge in [-0.15, -0.1) is 5.10 Å². The second-order valence-electron chi connectivity index (χ2n) is 3.78. The Morgan fingerprint density at radius 3 is 3.06 bits per heavy atom. The quantitative estimate of drug-likeness (QED) is 0.884. The van der Waals surface area contributed by atoms with E-state index in [1.54, 1.807) is 7.11 Å². The molecule has 0 saturated heterocycles. The zero-order valence-electron chi connectivity index (χ0n) is 9.88. The van der Waals surface area contributed by atoms with E-state index in [1.807, 2.05) is 23.6 Å². The van der Waals surface area contributed by atoms with Crippen LogP contribution in [0.25, 0.3) is 0 Å². The highest BCUT2D eigenvalue weighted by atomic mass is 32.1. The molecule has 2 rings (SSSR count). The zero-order valence-corrected chi connectivity index (χ0v) is 10.7. The summed E-state index contributed by atoms with van der Waals surface area (Å²) in [4.78, 5) is 0. The van der Waals surface area contributed by atoms with Gasteiger partial charge < -0.3 is 10.1 Å². The van der Waals surface area contributed by atoms with Crippen LogP contribution < -0.4 is 10.1 Å². The van der Waals surface area contributed by atoms with Gasteiger partial charge in [-0.25, -0.2) is 0 Å². The summed E-state index contributed by atoms with van der Waals surface area (Å²) in [5, 5.41) is 9.35. The lowest BCUT2D eigenvalue weighted by atomic mass is 10.1. The molecule has 0 amide bonds. The number of nitrogens with zero attached hydrogens (tertiary/aromatic N) is 2. The molecule has 0 spiro atoms. The number of aromatic nitrogens is 2. The highest BCUT2D eigenvalue weighted by Gasteiger charge is 2.06. The second kappa shape index (κ2) is 5.75. The molecule has 0 bridgehead atoms. The summed E-state index contributed by atoms with van der Waals surface area (Å²) in [6.07, 6.45) is 0. The fraction of sp³-hybridized carbons (Fsp3) is 0.333. The first-order valence-electron chi connectivity index (χ1n) is 5.43. The fourth-order valence-corrected chi connectivity index (χ4v) is 2.00. The molecule has 1 atom stereocenters. The van der Waals surface area contributed by atoms with Gasteiger partial charge in [-0.05, 0) is 36.2 Å². The zero-order chi connectivity index (χ0) is 12.1. The van der Waals surface area contributed by atoms with Gasteiger partial charge in [-0.1, -0.05) is 16.6 Å². The van der Waals surface area contributed by atoms with Gasteiger partial charge in [-0.3, -0.25) is 0 Å². The average molecular weight is 249 g/mol. The molecule has 0 aliphatic heterocycles. The lowest BCUT2D eigenvalue weighted by molar-refractivity contribution is 0.413. The Balaban J connectivity index is 1.96. The predicted octanol–water partition coefficient (Wildman–Crippen LogP) is 2.40. The van der Waals surface area contributed by atoms with Crippen LogP contribution in [0.5, 0.6) is 5.75 Å². The van der Waals surface area contributed by atoms with Gasteiger partial charge in [0, 0.05) is 18.0 Å². The molecule has 4 nitrogen and oxygen atoms in total. The number of nitrogens with one attached hydrogen (secondary N) is 1. The summed E-state index contributed by atoms with van der Waals surface area (Å²) in [6, 6.07) is 8.32. The van der Waals surface area contributed by atoms with Gasteiger partial charge in [0.1, 0.15) is 5.75 Å². The Morgan fingerprint density at radius 2 is 2.35 bits per heavy atom. The SMILES string of the molecule is COc1cccc(C(C)NCc2csnn2)c1. The van der Waals surface area contributed by atoms with Crippen molar-refractivity contribution in [2.75, 3.05) is 7.11 Å². The molecule has 0 radical (unpaired) electrons. The molecule has 5 heteroatoms. The highest BCUT2D eigenvalue weighted by molar-refractivity contribution is 7.03. The van der Waals surface area contributed by atoms with E-state index in [-0.39, 0.29) is 6.04 Å². The van der Waals surface area contributed by atoms with Crippen molar-refractivity contribution in [1.29, 1.82) is 0 Å². The van der Waals surface area contributed by atoms with Gasteiger partial charge in [0.25, 0.3) is 0 Å². The number of rotatable bonds is 5. The van der Waals surface area contributed by atoms with E-state index in [4.69, 9.17) is 4.74 Å². The third kappa shape index (κ3) is 3.25. The lowest BCUT2D eigenvalue weighted by Crippen LogP contribution is -2.18. The van der Waals surface area contributed by atoms with Gasteiger partial charge in [0.2, 0.25) is 0 Å². The molecule has 2 aromatic rings. The van der Waals surface area contributed by atoms with Crippen molar-refractivity contribution in [2.24, 2.45) is 0 Å². The normalized spacial score (nSPS) is 12.4. The minimum atomic E-state index is 0.256. The fourth-order valence-electron chi connectivity index (χ4n) is 1.55. The van der Waals surface area contributed by atoms with Crippen LogP contribution in [0.1, 0.15) is 24.2 Å². The molecular formula is C12H15N3OS. The molecule has 90 valence electrons. The molecule has 0 aliphatic carbocycles. The van der Waals surface area contributed by atoms with Gasteiger partial charge in [0.15, 0.2) is 0 Å². The van der Waals surface area contributed by atoms with Crippen LogP contribution in [-0.2, 0) is 6.54 Å². The summed E-state index contributed by atoms with van der Waals surface area (Å²) >= 11 is 1.37. The number of ether oxygens (including phenoxy) is 1. The van der Waals surface area contributed by atoms with Gasteiger partial charge in [0.05, 0.1) is 12.8 Å². The van der Waals surface area contributed by atoms with Crippen molar-refractivity contribution in [3.8, 4) is 5.75 Å². The molecule has 0 saturated carbocycles. The van der Waals surface area contributed by atoms with E-state index in [9.17, 15) is 0 Å². The maximum atomic E-state index is 5.21. The van der Waals surface area contributed by atoms with Crippen molar-refractivity contribution < 1.29 is 4.74 Å². The average Bonchev–Trinajstić information content (AvgIpc) is 2.89. The minimum Gasteiger partial charge on any atom is -0.497 e. The van der Waals surface area contributed by atoms with Gasteiger partial charge >= 0.3 is 0 Å². The standard InChI is InChI=1S/C12H15N3OS/c1-9(13-7-11-8-17-15-14-11)10-4-3-5-12(6-10)16-2/h3-6,8-9,13H,7H2,1-2H3. The highest BCUT2D eigenvalue weighted by Crippen LogP contribution is 2.18. The first-order valence-corrected chi connectivity index (χ1v) is 6.26. The number of benzene rings is 1. The molecule has 0 fully saturated rings. The molecule has 0 aliphatic rings. The number of methoxy groups -OCH3 is 1. The molecular weight excluding hydrogens is 234 g/mol. The molecule has 1 N–H and O–H groups in total. The largest absolute Gasteiger partial charge is 0.497 e. The Hall–Kier alpha value is -1.46. The molecule has 1 heterocycles. The Bertz CT molecular complexity index is 459. The smallest absolute Gasteiger partial charge is 0.119 e. The van der Waals surface area contributed by atoms with Crippen LogP contribution in [0.3, 0.4) is 0 Å². The predicted molar refractivity (Wildman–Crippen MR) is 68.2 cm³/mol. The van der Waals surface area contributed by atoms with Gasteiger partial charge in [-0.2, -0.15) is 0 Å². The van der Waals surface area contributed by atoms with Crippen molar-refractivity contribution in [3.05, 3.63) is 40.9 Å². The monoisotopic (exact) mass is 249 g/mol. The van der Waals surface area contributed by atoms with E-state index in [1.165, 1.54) is 17.1 Å². The van der Waals surface area contributed by atoms with Crippen LogP contribution in [-0.4, -0.2) is 16.7 Å². The second-order valence-corrected chi connectivity index (χ2v) is 4.39. The third-order valence-corrected chi connectivity index (χ3v) is 3.14.